The monoisotopic (exact) mass is 384 g/mol. The Morgan fingerprint density at radius 2 is 1.96 bits per heavy atom. The van der Waals surface area contributed by atoms with E-state index in [9.17, 15) is 14.0 Å². The lowest BCUT2D eigenvalue weighted by molar-refractivity contribution is 0.577. The molecule has 0 amide bonds. The molecule has 0 N–H and O–H groups in total. The summed E-state index contributed by atoms with van der Waals surface area (Å²) >= 11 is 1.25. The third-order valence-electron chi connectivity index (χ3n) is 3.92. The molecule has 27 heavy (non-hydrogen) atoms. The Kier molecular flexibility index (Phi) is 5.87. The van der Waals surface area contributed by atoms with Crippen LogP contribution in [0.15, 0.2) is 52.6 Å². The van der Waals surface area contributed by atoms with Crippen molar-refractivity contribution in [2.45, 2.75) is 42.7 Å². The van der Waals surface area contributed by atoms with Crippen LogP contribution in [0.1, 0.15) is 36.8 Å². The van der Waals surface area contributed by atoms with Crippen molar-refractivity contribution in [3.8, 4) is 6.07 Å². The largest absolute Gasteiger partial charge is 0.317 e. The Morgan fingerprint density at radius 1 is 1.22 bits per heavy atom. The molecule has 0 aliphatic carbocycles. The van der Waals surface area contributed by atoms with E-state index in [1.165, 1.54) is 23.9 Å². The van der Waals surface area contributed by atoms with Crippen molar-refractivity contribution in [3.63, 3.8) is 0 Å². The van der Waals surface area contributed by atoms with Crippen LogP contribution in [-0.2, 0) is 13.0 Å². The fraction of sp³-hybridized carbons (Fsp3) is 0.250. The Morgan fingerprint density at radius 3 is 2.56 bits per heavy atom. The standard InChI is InChI=1S/C20H18F2N4S/c1-13(2)19-20(27-17-9-15(21)8-16(22)10-17)26(18(25-19)5-6-23)12-14-4-3-7-24-11-14/h3-4,7-11,13H,5,12H2,1-2H3. The van der Waals surface area contributed by atoms with Gasteiger partial charge in [-0.1, -0.05) is 31.7 Å². The van der Waals surface area contributed by atoms with Crippen LogP contribution in [0.2, 0.25) is 0 Å². The zero-order valence-electron chi connectivity index (χ0n) is 15.0. The first-order chi connectivity index (χ1) is 13.0. The first kappa shape index (κ1) is 19.1. The molecule has 0 aliphatic rings. The minimum Gasteiger partial charge on any atom is -0.317 e. The number of hydrogen-bond acceptors (Lipinski definition) is 4. The van der Waals surface area contributed by atoms with Crippen LogP contribution >= 0.6 is 11.8 Å². The Balaban J connectivity index is 2.09. The molecule has 0 aliphatic heterocycles. The van der Waals surface area contributed by atoms with Gasteiger partial charge in [-0.3, -0.25) is 4.98 Å². The molecule has 138 valence electrons. The number of hydrogen-bond donors (Lipinski definition) is 0. The van der Waals surface area contributed by atoms with Gasteiger partial charge in [0.1, 0.15) is 22.5 Å². The summed E-state index contributed by atoms with van der Waals surface area (Å²) in [7, 11) is 0. The first-order valence-corrected chi connectivity index (χ1v) is 9.28. The molecule has 3 rings (SSSR count). The quantitative estimate of drug-likeness (QED) is 0.604. The lowest BCUT2D eigenvalue weighted by Crippen LogP contribution is -2.06. The maximum absolute atomic E-state index is 13.6. The number of benzene rings is 1. The fourth-order valence-corrected chi connectivity index (χ4v) is 3.96. The van der Waals surface area contributed by atoms with Gasteiger partial charge in [0.25, 0.3) is 0 Å². The van der Waals surface area contributed by atoms with E-state index in [4.69, 9.17) is 0 Å². The van der Waals surface area contributed by atoms with E-state index in [-0.39, 0.29) is 12.3 Å². The smallest absolute Gasteiger partial charge is 0.127 e. The molecule has 7 heteroatoms. The van der Waals surface area contributed by atoms with Gasteiger partial charge < -0.3 is 4.57 Å². The third kappa shape index (κ3) is 4.52. The second kappa shape index (κ2) is 8.31. The van der Waals surface area contributed by atoms with E-state index in [2.05, 4.69) is 16.0 Å². The summed E-state index contributed by atoms with van der Waals surface area (Å²) in [6.07, 6.45) is 3.60. The van der Waals surface area contributed by atoms with Crippen molar-refractivity contribution in [3.05, 3.63) is 71.4 Å². The Labute approximate surface area is 160 Å². The molecule has 0 saturated carbocycles. The molecule has 0 spiro atoms. The van der Waals surface area contributed by atoms with Gasteiger partial charge >= 0.3 is 0 Å². The highest BCUT2D eigenvalue weighted by atomic mass is 32.2. The Hall–Kier alpha value is -2.72. The van der Waals surface area contributed by atoms with Crippen LogP contribution in [0, 0.1) is 23.0 Å². The normalized spacial score (nSPS) is 11.0. The minimum absolute atomic E-state index is 0.0958. The first-order valence-electron chi connectivity index (χ1n) is 8.47. The van der Waals surface area contributed by atoms with Gasteiger partial charge in [-0.05, 0) is 29.7 Å². The van der Waals surface area contributed by atoms with Crippen molar-refractivity contribution >= 4 is 11.8 Å². The number of imidazole rings is 1. The maximum Gasteiger partial charge on any atom is 0.127 e. The number of rotatable bonds is 6. The van der Waals surface area contributed by atoms with E-state index in [0.29, 0.717) is 17.3 Å². The second-order valence-electron chi connectivity index (χ2n) is 6.36. The van der Waals surface area contributed by atoms with Crippen LogP contribution in [0.3, 0.4) is 0 Å². The molecule has 0 saturated heterocycles. The van der Waals surface area contributed by atoms with Gasteiger partial charge in [-0.25, -0.2) is 13.8 Å². The molecule has 0 fully saturated rings. The van der Waals surface area contributed by atoms with E-state index in [0.717, 1.165) is 22.3 Å². The number of pyridine rings is 1. The summed E-state index contributed by atoms with van der Waals surface area (Å²) in [6.45, 7) is 4.48. The average Bonchev–Trinajstić information content (AvgIpc) is 2.93. The van der Waals surface area contributed by atoms with Crippen molar-refractivity contribution in [2.24, 2.45) is 0 Å². The number of halogens is 2. The van der Waals surface area contributed by atoms with Crippen molar-refractivity contribution in [2.75, 3.05) is 0 Å². The molecule has 1 aromatic carbocycles. The van der Waals surface area contributed by atoms with Crippen molar-refractivity contribution in [1.29, 1.82) is 5.26 Å². The van der Waals surface area contributed by atoms with Gasteiger partial charge in [0.05, 0.1) is 24.7 Å². The molecule has 0 unspecified atom stereocenters. The van der Waals surface area contributed by atoms with E-state index < -0.39 is 11.6 Å². The summed E-state index contributed by atoms with van der Waals surface area (Å²) in [6, 6.07) is 9.36. The van der Waals surface area contributed by atoms with Crippen LogP contribution in [0.5, 0.6) is 0 Å². The molecule has 3 aromatic rings. The SMILES string of the molecule is CC(C)c1nc(CC#N)n(Cc2cccnc2)c1Sc1cc(F)cc(F)c1. The van der Waals surface area contributed by atoms with Gasteiger partial charge in [-0.15, -0.1) is 0 Å². The summed E-state index contributed by atoms with van der Waals surface area (Å²) in [5.74, 6) is -0.527. The van der Waals surface area contributed by atoms with Crippen LogP contribution in [0.25, 0.3) is 0 Å². The molecule has 0 bridgehead atoms. The predicted octanol–water partition coefficient (Wildman–Crippen LogP) is 4.95. The second-order valence-corrected chi connectivity index (χ2v) is 7.42. The zero-order valence-corrected chi connectivity index (χ0v) is 15.8. The summed E-state index contributed by atoms with van der Waals surface area (Å²) < 4.78 is 29.2. The molecule has 2 aromatic heterocycles. The molecule has 4 nitrogen and oxygen atoms in total. The lowest BCUT2D eigenvalue weighted by Gasteiger charge is -2.13. The average molecular weight is 384 g/mol. The fourth-order valence-electron chi connectivity index (χ4n) is 2.73. The number of nitrogens with zero attached hydrogens (tertiary/aromatic N) is 4. The van der Waals surface area contributed by atoms with Crippen molar-refractivity contribution < 1.29 is 8.78 Å². The number of nitriles is 1. The predicted molar refractivity (Wildman–Crippen MR) is 99.5 cm³/mol. The highest BCUT2D eigenvalue weighted by molar-refractivity contribution is 7.99. The summed E-state index contributed by atoms with van der Waals surface area (Å²) in [4.78, 5) is 9.23. The van der Waals surface area contributed by atoms with Gasteiger partial charge in [0, 0.05) is 23.4 Å². The van der Waals surface area contributed by atoms with Crippen LogP contribution < -0.4 is 0 Å². The van der Waals surface area contributed by atoms with Crippen molar-refractivity contribution in [1.82, 2.24) is 14.5 Å². The topological polar surface area (TPSA) is 54.5 Å². The molecular weight excluding hydrogens is 366 g/mol. The van der Waals surface area contributed by atoms with E-state index in [1.807, 2.05) is 30.5 Å². The minimum atomic E-state index is -0.626. The van der Waals surface area contributed by atoms with Crippen LogP contribution in [0.4, 0.5) is 8.78 Å². The molecule has 2 heterocycles. The zero-order chi connectivity index (χ0) is 19.4. The van der Waals surface area contributed by atoms with E-state index >= 15 is 0 Å². The number of aromatic nitrogens is 3. The summed E-state index contributed by atoms with van der Waals surface area (Å²) in [5, 5.41) is 9.97. The maximum atomic E-state index is 13.6. The van der Waals surface area contributed by atoms with Gasteiger partial charge in [0.15, 0.2) is 0 Å². The lowest BCUT2D eigenvalue weighted by atomic mass is 10.1. The third-order valence-corrected chi connectivity index (χ3v) is 5.02. The molecule has 0 radical (unpaired) electrons. The molecule has 0 atom stereocenters. The highest BCUT2D eigenvalue weighted by Gasteiger charge is 2.21. The Bertz CT molecular complexity index is 957. The van der Waals surface area contributed by atoms with Gasteiger partial charge in [0.2, 0.25) is 0 Å². The van der Waals surface area contributed by atoms with Gasteiger partial charge in [-0.2, -0.15) is 5.26 Å². The highest BCUT2D eigenvalue weighted by Crippen LogP contribution is 2.36. The van der Waals surface area contributed by atoms with Crippen LogP contribution in [-0.4, -0.2) is 14.5 Å². The van der Waals surface area contributed by atoms with E-state index in [1.54, 1.807) is 12.4 Å². The summed E-state index contributed by atoms with van der Waals surface area (Å²) in [5.41, 5.74) is 1.76. The molecular formula is C20H18F2N4S.